The Kier molecular flexibility index (Phi) is 4.01. The van der Waals surface area contributed by atoms with Crippen LogP contribution in [0.4, 0.5) is 0 Å². The molecule has 1 aromatic rings. The smallest absolute Gasteiger partial charge is 0.156 e. The summed E-state index contributed by atoms with van der Waals surface area (Å²) in [6.07, 6.45) is 3.15. The van der Waals surface area contributed by atoms with Gasteiger partial charge in [0.25, 0.3) is 0 Å². The van der Waals surface area contributed by atoms with E-state index in [0.717, 1.165) is 12.8 Å². The summed E-state index contributed by atoms with van der Waals surface area (Å²) in [5.41, 5.74) is 0.669. The van der Waals surface area contributed by atoms with Gasteiger partial charge in [0.15, 0.2) is 9.84 Å². The first kappa shape index (κ1) is 12.8. The van der Waals surface area contributed by atoms with Gasteiger partial charge in [-0.25, -0.2) is 13.4 Å². The molecule has 0 radical (unpaired) electrons. The first-order valence-electron chi connectivity index (χ1n) is 5.48. The molecule has 1 aromatic heterocycles. The van der Waals surface area contributed by atoms with Crippen molar-refractivity contribution in [2.24, 2.45) is 0 Å². The highest BCUT2D eigenvalue weighted by molar-refractivity contribution is 7.90. The summed E-state index contributed by atoms with van der Waals surface area (Å²) in [6.45, 7) is 0.668. The monoisotopic (exact) mass is 275 g/mol. The first-order valence-corrected chi connectivity index (χ1v) is 7.67. The van der Waals surface area contributed by atoms with Crippen LogP contribution in [-0.4, -0.2) is 31.9 Å². The molecule has 2 rings (SSSR count). The van der Waals surface area contributed by atoms with Gasteiger partial charge in [0.1, 0.15) is 5.15 Å². The molecule has 4 nitrogen and oxygen atoms in total. The van der Waals surface area contributed by atoms with Gasteiger partial charge in [0.05, 0.1) is 17.6 Å². The van der Waals surface area contributed by atoms with E-state index in [1.165, 1.54) is 6.20 Å². The quantitative estimate of drug-likeness (QED) is 0.787. The molecule has 1 atom stereocenters. The van der Waals surface area contributed by atoms with Crippen molar-refractivity contribution < 1.29 is 13.2 Å². The molecule has 94 valence electrons. The van der Waals surface area contributed by atoms with Crippen molar-refractivity contribution in [1.29, 1.82) is 0 Å². The Morgan fingerprint density at radius 2 is 2.35 bits per heavy atom. The van der Waals surface area contributed by atoms with Crippen molar-refractivity contribution in [3.63, 3.8) is 0 Å². The van der Waals surface area contributed by atoms with Gasteiger partial charge in [-0.3, -0.25) is 0 Å². The molecule has 0 spiro atoms. The second-order valence-corrected chi connectivity index (χ2v) is 6.67. The zero-order valence-corrected chi connectivity index (χ0v) is 10.9. The van der Waals surface area contributed by atoms with Crippen LogP contribution in [0.25, 0.3) is 0 Å². The van der Waals surface area contributed by atoms with Crippen LogP contribution in [0.5, 0.6) is 0 Å². The number of rotatable bonds is 4. The molecule has 1 saturated heterocycles. The van der Waals surface area contributed by atoms with Gasteiger partial charge in [-0.1, -0.05) is 11.6 Å². The Morgan fingerprint density at radius 1 is 1.53 bits per heavy atom. The predicted octanol–water partition coefficient (Wildman–Crippen LogP) is 1.83. The molecule has 0 N–H and O–H groups in total. The van der Waals surface area contributed by atoms with E-state index in [-0.39, 0.29) is 17.6 Å². The number of pyridine rings is 1. The van der Waals surface area contributed by atoms with Crippen molar-refractivity contribution in [2.45, 2.75) is 24.7 Å². The lowest BCUT2D eigenvalue weighted by molar-refractivity contribution is 0.127. The van der Waals surface area contributed by atoms with E-state index < -0.39 is 9.84 Å². The lowest BCUT2D eigenvalue weighted by Gasteiger charge is -2.10. The van der Waals surface area contributed by atoms with E-state index in [1.807, 2.05) is 0 Å². The van der Waals surface area contributed by atoms with Crippen molar-refractivity contribution in [3.05, 3.63) is 29.0 Å². The van der Waals surface area contributed by atoms with E-state index in [2.05, 4.69) is 4.98 Å². The van der Waals surface area contributed by atoms with Crippen LogP contribution in [0, 0.1) is 0 Å². The number of sulfone groups is 1. The maximum Gasteiger partial charge on any atom is 0.156 e. The molecule has 0 aromatic carbocycles. The van der Waals surface area contributed by atoms with Gasteiger partial charge in [0.2, 0.25) is 0 Å². The summed E-state index contributed by atoms with van der Waals surface area (Å²) in [4.78, 5) is 3.82. The van der Waals surface area contributed by atoms with E-state index in [9.17, 15) is 8.42 Å². The fourth-order valence-corrected chi connectivity index (χ4v) is 3.74. The van der Waals surface area contributed by atoms with E-state index >= 15 is 0 Å². The van der Waals surface area contributed by atoms with Crippen LogP contribution < -0.4 is 0 Å². The Morgan fingerprint density at radius 3 is 3.00 bits per heavy atom. The van der Waals surface area contributed by atoms with Crippen molar-refractivity contribution in [3.8, 4) is 0 Å². The SMILES string of the molecule is O=S(=O)(Cc1ccnc(Cl)c1)C[C@@H]1CCCO1. The number of hydrogen-bond acceptors (Lipinski definition) is 4. The van der Waals surface area contributed by atoms with Crippen LogP contribution in [0.2, 0.25) is 5.15 Å². The van der Waals surface area contributed by atoms with Crippen LogP contribution in [0.15, 0.2) is 18.3 Å². The minimum atomic E-state index is -3.15. The van der Waals surface area contributed by atoms with Crippen LogP contribution in [0.1, 0.15) is 18.4 Å². The Hall–Kier alpha value is -0.650. The van der Waals surface area contributed by atoms with Crippen LogP contribution in [0.3, 0.4) is 0 Å². The number of halogens is 1. The lowest BCUT2D eigenvalue weighted by atomic mass is 10.3. The second kappa shape index (κ2) is 5.33. The van der Waals surface area contributed by atoms with E-state index in [1.54, 1.807) is 12.1 Å². The maximum absolute atomic E-state index is 11.9. The van der Waals surface area contributed by atoms with Gasteiger partial charge >= 0.3 is 0 Å². The van der Waals surface area contributed by atoms with Crippen LogP contribution >= 0.6 is 11.6 Å². The highest BCUT2D eigenvalue weighted by Gasteiger charge is 2.23. The summed E-state index contributed by atoms with van der Waals surface area (Å²) in [7, 11) is -3.15. The van der Waals surface area contributed by atoms with E-state index in [4.69, 9.17) is 16.3 Å². The Balaban J connectivity index is 2.01. The van der Waals surface area contributed by atoms with Crippen LogP contribution in [-0.2, 0) is 20.3 Å². The van der Waals surface area contributed by atoms with Crippen molar-refractivity contribution in [2.75, 3.05) is 12.4 Å². The largest absolute Gasteiger partial charge is 0.377 e. The molecule has 0 amide bonds. The van der Waals surface area contributed by atoms with E-state index in [0.29, 0.717) is 17.3 Å². The van der Waals surface area contributed by atoms with Gasteiger partial charge in [0, 0.05) is 12.8 Å². The highest BCUT2D eigenvalue weighted by Crippen LogP contribution is 2.17. The topological polar surface area (TPSA) is 56.3 Å². The average molecular weight is 276 g/mol. The summed E-state index contributed by atoms with van der Waals surface area (Å²) in [6, 6.07) is 3.24. The minimum Gasteiger partial charge on any atom is -0.377 e. The number of aromatic nitrogens is 1. The first-order chi connectivity index (χ1) is 8.05. The second-order valence-electron chi connectivity index (χ2n) is 4.18. The van der Waals surface area contributed by atoms with Gasteiger partial charge in [-0.15, -0.1) is 0 Å². The van der Waals surface area contributed by atoms with Gasteiger partial charge in [-0.05, 0) is 30.5 Å². The molecule has 1 fully saturated rings. The molecule has 0 bridgehead atoms. The Labute approximate surface area is 106 Å². The Bertz CT molecular complexity index is 483. The molecule has 0 aliphatic carbocycles. The molecule has 0 saturated carbocycles. The zero-order chi connectivity index (χ0) is 12.3. The normalized spacial score (nSPS) is 20.6. The minimum absolute atomic E-state index is 0.00486. The molecule has 1 aliphatic rings. The van der Waals surface area contributed by atoms with Gasteiger partial charge in [-0.2, -0.15) is 0 Å². The van der Waals surface area contributed by atoms with Crippen molar-refractivity contribution in [1.82, 2.24) is 4.98 Å². The highest BCUT2D eigenvalue weighted by atomic mass is 35.5. The molecule has 1 aliphatic heterocycles. The lowest BCUT2D eigenvalue weighted by Crippen LogP contribution is -2.21. The zero-order valence-electron chi connectivity index (χ0n) is 9.30. The summed E-state index contributed by atoms with van der Waals surface area (Å²) in [5.74, 6) is 0.0854. The van der Waals surface area contributed by atoms with Crippen molar-refractivity contribution >= 4 is 21.4 Å². The average Bonchev–Trinajstić information content (AvgIpc) is 2.68. The molecular weight excluding hydrogens is 262 g/mol. The molecule has 6 heteroatoms. The molecule has 17 heavy (non-hydrogen) atoms. The third-order valence-corrected chi connectivity index (χ3v) is 4.50. The molecular formula is C11H14ClNO3S. The maximum atomic E-state index is 11.9. The number of ether oxygens (including phenoxy) is 1. The fourth-order valence-electron chi connectivity index (χ4n) is 1.90. The standard InChI is InChI=1S/C11H14ClNO3S/c12-11-6-9(3-4-13-11)7-17(14,15)8-10-2-1-5-16-10/h3-4,6,10H,1-2,5,7-8H2/t10-/m0/s1. The third-order valence-electron chi connectivity index (χ3n) is 2.64. The number of hydrogen-bond donors (Lipinski definition) is 0. The summed E-state index contributed by atoms with van der Waals surface area (Å²) in [5, 5.41) is 0.315. The number of nitrogens with zero attached hydrogens (tertiary/aromatic N) is 1. The summed E-state index contributed by atoms with van der Waals surface area (Å²) < 4.78 is 29.2. The third kappa shape index (κ3) is 3.94. The predicted molar refractivity (Wildman–Crippen MR) is 65.7 cm³/mol. The molecule has 2 heterocycles. The summed E-state index contributed by atoms with van der Waals surface area (Å²) >= 11 is 5.71. The van der Waals surface area contributed by atoms with Gasteiger partial charge < -0.3 is 4.74 Å². The molecule has 0 unspecified atom stereocenters. The fraction of sp³-hybridized carbons (Fsp3) is 0.545.